The number of ether oxygens (including phenoxy) is 1. The molecule has 6 heteroatoms. The van der Waals surface area contributed by atoms with Crippen LogP contribution in [0.5, 0.6) is 5.75 Å². The summed E-state index contributed by atoms with van der Waals surface area (Å²) in [6, 6.07) is 8.39. The zero-order valence-corrected chi connectivity index (χ0v) is 15.2. The fraction of sp³-hybridized carbons (Fsp3) is 0.400. The van der Waals surface area contributed by atoms with Crippen molar-refractivity contribution in [2.75, 3.05) is 35.2 Å². The van der Waals surface area contributed by atoms with E-state index >= 15 is 0 Å². The first kappa shape index (κ1) is 16.7. The summed E-state index contributed by atoms with van der Waals surface area (Å²) in [5, 5.41) is 6.10. The second kappa shape index (κ2) is 6.86. The number of aromatic nitrogens is 1. The maximum absolute atomic E-state index is 11.3. The van der Waals surface area contributed by atoms with Gasteiger partial charge in [-0.2, -0.15) is 0 Å². The molecule has 1 saturated heterocycles. The Morgan fingerprint density at radius 1 is 1.27 bits per heavy atom. The number of aryl methyl sites for hydroxylation is 1. The van der Waals surface area contributed by atoms with E-state index in [0.717, 1.165) is 30.4 Å². The summed E-state index contributed by atoms with van der Waals surface area (Å²) in [4.78, 5) is 18.1. The number of amides is 1. The molecule has 0 aliphatic carbocycles. The number of fused-ring (bicyclic) bond motifs is 1. The standard InChI is InChI=1S/C20H24N4O2/c1-13-5-7-24(8-6-13)16-3-4-17(14(2)9-16)22-15-10-18-20(21-11-15)23-19(25)12-26-18/h3-4,9-11,13,22H,5-8,12H2,1-2H3,(H,21,23,25). The third kappa shape index (κ3) is 3.45. The summed E-state index contributed by atoms with van der Waals surface area (Å²) < 4.78 is 5.43. The van der Waals surface area contributed by atoms with Crippen LogP contribution in [0.3, 0.4) is 0 Å². The molecule has 0 radical (unpaired) electrons. The van der Waals surface area contributed by atoms with Crippen LogP contribution in [0.25, 0.3) is 0 Å². The van der Waals surface area contributed by atoms with Gasteiger partial charge < -0.3 is 20.3 Å². The van der Waals surface area contributed by atoms with Gasteiger partial charge in [0.2, 0.25) is 0 Å². The monoisotopic (exact) mass is 352 g/mol. The lowest BCUT2D eigenvalue weighted by Crippen LogP contribution is -2.32. The van der Waals surface area contributed by atoms with Crippen molar-refractivity contribution in [2.45, 2.75) is 26.7 Å². The topological polar surface area (TPSA) is 66.5 Å². The normalized spacial score (nSPS) is 17.3. The number of pyridine rings is 1. The zero-order chi connectivity index (χ0) is 18.1. The van der Waals surface area contributed by atoms with E-state index in [0.29, 0.717) is 11.6 Å². The number of anilines is 4. The lowest BCUT2D eigenvalue weighted by atomic mass is 9.98. The van der Waals surface area contributed by atoms with Crippen molar-refractivity contribution in [2.24, 2.45) is 5.92 Å². The fourth-order valence-corrected chi connectivity index (χ4v) is 3.44. The second-order valence-electron chi connectivity index (χ2n) is 7.20. The Hall–Kier alpha value is -2.76. The smallest absolute Gasteiger partial charge is 0.263 e. The number of carbonyl (C=O) groups excluding carboxylic acids is 1. The molecule has 26 heavy (non-hydrogen) atoms. The summed E-state index contributed by atoms with van der Waals surface area (Å²) in [6.07, 6.45) is 4.22. The Labute approximate surface area is 153 Å². The van der Waals surface area contributed by atoms with Crippen molar-refractivity contribution < 1.29 is 9.53 Å². The predicted octanol–water partition coefficient (Wildman–Crippen LogP) is 3.70. The molecule has 0 atom stereocenters. The molecule has 0 unspecified atom stereocenters. The molecule has 136 valence electrons. The van der Waals surface area contributed by atoms with E-state index in [1.165, 1.54) is 24.1 Å². The number of hydrogen-bond acceptors (Lipinski definition) is 5. The molecule has 2 aliphatic rings. The van der Waals surface area contributed by atoms with Crippen LogP contribution in [0.1, 0.15) is 25.3 Å². The molecule has 2 aliphatic heterocycles. The zero-order valence-electron chi connectivity index (χ0n) is 15.2. The largest absolute Gasteiger partial charge is 0.480 e. The SMILES string of the molecule is Cc1cc(N2CCC(C)CC2)ccc1Nc1cnc2c(c1)OCC(=O)N2. The predicted molar refractivity (Wildman–Crippen MR) is 103 cm³/mol. The number of nitrogens with zero attached hydrogens (tertiary/aromatic N) is 2. The van der Waals surface area contributed by atoms with Crippen LogP contribution < -0.4 is 20.3 Å². The van der Waals surface area contributed by atoms with Gasteiger partial charge in [-0.1, -0.05) is 6.92 Å². The Morgan fingerprint density at radius 3 is 2.85 bits per heavy atom. The third-order valence-corrected chi connectivity index (χ3v) is 5.11. The van der Waals surface area contributed by atoms with E-state index in [-0.39, 0.29) is 12.5 Å². The van der Waals surface area contributed by atoms with E-state index in [1.807, 2.05) is 6.07 Å². The molecule has 1 amide bonds. The average molecular weight is 352 g/mol. The molecular weight excluding hydrogens is 328 g/mol. The molecule has 2 aromatic rings. The number of rotatable bonds is 3. The van der Waals surface area contributed by atoms with Gasteiger partial charge in [0.15, 0.2) is 18.2 Å². The maximum Gasteiger partial charge on any atom is 0.263 e. The number of carbonyl (C=O) groups is 1. The van der Waals surface area contributed by atoms with Crippen LogP contribution in [-0.4, -0.2) is 30.6 Å². The maximum atomic E-state index is 11.3. The van der Waals surface area contributed by atoms with Gasteiger partial charge in [-0.15, -0.1) is 0 Å². The Kier molecular flexibility index (Phi) is 4.41. The highest BCUT2D eigenvalue weighted by molar-refractivity contribution is 5.94. The third-order valence-electron chi connectivity index (χ3n) is 5.11. The highest BCUT2D eigenvalue weighted by atomic mass is 16.5. The van der Waals surface area contributed by atoms with E-state index in [2.05, 4.69) is 52.6 Å². The molecule has 4 rings (SSSR count). The van der Waals surface area contributed by atoms with Gasteiger partial charge in [-0.25, -0.2) is 4.98 Å². The van der Waals surface area contributed by atoms with Crippen LogP contribution in [0.15, 0.2) is 30.5 Å². The number of benzene rings is 1. The summed E-state index contributed by atoms with van der Waals surface area (Å²) in [5.41, 5.74) is 4.35. The second-order valence-corrected chi connectivity index (χ2v) is 7.20. The van der Waals surface area contributed by atoms with Crippen molar-refractivity contribution in [3.05, 3.63) is 36.0 Å². The van der Waals surface area contributed by atoms with Crippen LogP contribution in [0.2, 0.25) is 0 Å². The van der Waals surface area contributed by atoms with Crippen LogP contribution >= 0.6 is 0 Å². The summed E-state index contributed by atoms with van der Waals surface area (Å²) in [7, 11) is 0. The molecule has 0 saturated carbocycles. The molecule has 1 aromatic heterocycles. The molecule has 0 spiro atoms. The van der Waals surface area contributed by atoms with Crippen LogP contribution in [0, 0.1) is 12.8 Å². The van der Waals surface area contributed by atoms with E-state index < -0.39 is 0 Å². The number of hydrogen-bond donors (Lipinski definition) is 2. The van der Waals surface area contributed by atoms with Gasteiger partial charge in [-0.3, -0.25) is 4.79 Å². The lowest BCUT2D eigenvalue weighted by Gasteiger charge is -2.32. The van der Waals surface area contributed by atoms with Crippen LogP contribution in [-0.2, 0) is 4.79 Å². The fourth-order valence-electron chi connectivity index (χ4n) is 3.44. The van der Waals surface area contributed by atoms with Gasteiger partial charge in [0, 0.05) is 30.5 Å². The molecule has 2 N–H and O–H groups in total. The van der Waals surface area contributed by atoms with E-state index in [4.69, 9.17) is 4.74 Å². The summed E-state index contributed by atoms with van der Waals surface area (Å²) in [6.45, 7) is 6.73. The molecule has 3 heterocycles. The Morgan fingerprint density at radius 2 is 2.08 bits per heavy atom. The summed E-state index contributed by atoms with van der Waals surface area (Å²) in [5.74, 6) is 1.71. The Balaban J connectivity index is 1.49. The minimum absolute atomic E-state index is 0.0281. The minimum atomic E-state index is -0.177. The molecule has 6 nitrogen and oxygen atoms in total. The first-order valence-electron chi connectivity index (χ1n) is 9.14. The molecule has 0 bridgehead atoms. The first-order chi connectivity index (χ1) is 12.6. The lowest BCUT2D eigenvalue weighted by molar-refractivity contribution is -0.118. The van der Waals surface area contributed by atoms with Gasteiger partial charge >= 0.3 is 0 Å². The number of nitrogens with one attached hydrogen (secondary N) is 2. The van der Waals surface area contributed by atoms with E-state index in [1.54, 1.807) is 6.20 Å². The number of piperidine rings is 1. The first-order valence-corrected chi connectivity index (χ1v) is 9.14. The summed E-state index contributed by atoms with van der Waals surface area (Å²) >= 11 is 0. The minimum Gasteiger partial charge on any atom is -0.480 e. The van der Waals surface area contributed by atoms with Crippen molar-refractivity contribution in [1.82, 2.24) is 4.98 Å². The Bertz CT molecular complexity index is 829. The van der Waals surface area contributed by atoms with Crippen molar-refractivity contribution in [3.63, 3.8) is 0 Å². The van der Waals surface area contributed by atoms with Crippen molar-refractivity contribution in [3.8, 4) is 5.75 Å². The molecule has 1 fully saturated rings. The molecule has 1 aromatic carbocycles. The van der Waals surface area contributed by atoms with Crippen molar-refractivity contribution >= 4 is 28.8 Å². The average Bonchev–Trinajstić information content (AvgIpc) is 2.64. The quantitative estimate of drug-likeness (QED) is 0.882. The van der Waals surface area contributed by atoms with Gasteiger partial charge in [0.05, 0.1) is 11.9 Å². The van der Waals surface area contributed by atoms with E-state index in [9.17, 15) is 4.79 Å². The highest BCUT2D eigenvalue weighted by Crippen LogP contribution is 2.32. The van der Waals surface area contributed by atoms with Gasteiger partial charge in [0.1, 0.15) is 0 Å². The van der Waals surface area contributed by atoms with Crippen molar-refractivity contribution in [1.29, 1.82) is 0 Å². The van der Waals surface area contributed by atoms with Gasteiger partial charge in [0.25, 0.3) is 5.91 Å². The van der Waals surface area contributed by atoms with Gasteiger partial charge in [-0.05, 0) is 49.4 Å². The highest BCUT2D eigenvalue weighted by Gasteiger charge is 2.18. The van der Waals surface area contributed by atoms with Crippen LogP contribution in [0.4, 0.5) is 22.9 Å². The molecular formula is C20H24N4O2.